The van der Waals surface area contributed by atoms with E-state index in [1.165, 1.54) is 11.3 Å². The average Bonchev–Trinajstić information content (AvgIpc) is 3.83. The van der Waals surface area contributed by atoms with Crippen molar-refractivity contribution in [3.05, 3.63) is 133 Å². The minimum Gasteiger partial charge on any atom is -0.494 e. The Balaban J connectivity index is 0.916. The van der Waals surface area contributed by atoms with Crippen LogP contribution in [0, 0.1) is 11.8 Å². The maximum absolute atomic E-state index is 14.2. The molecular formula is C66H79N3O15S. The lowest BCUT2D eigenvalue weighted by Crippen LogP contribution is -2.30. The Kier molecular flexibility index (Phi) is 26.9. The summed E-state index contributed by atoms with van der Waals surface area (Å²) in [7, 11) is 0. The number of para-hydroxylation sites is 1. The second-order valence-corrected chi connectivity index (χ2v) is 21.9. The number of esters is 6. The first-order valence-corrected chi connectivity index (χ1v) is 30.6. The van der Waals surface area contributed by atoms with Crippen LogP contribution >= 0.6 is 11.3 Å². The van der Waals surface area contributed by atoms with Gasteiger partial charge in [-0.25, -0.2) is 29.2 Å². The van der Waals surface area contributed by atoms with E-state index in [1.807, 2.05) is 24.3 Å². The average molecular weight is 1190 g/mol. The van der Waals surface area contributed by atoms with Crippen LogP contribution in [-0.2, 0) is 42.9 Å². The minimum atomic E-state index is -0.587. The molecule has 4 aromatic carbocycles. The van der Waals surface area contributed by atoms with Crippen LogP contribution in [0.15, 0.2) is 121 Å². The van der Waals surface area contributed by atoms with Gasteiger partial charge in [-0.05, 0) is 188 Å². The number of benzene rings is 4. The summed E-state index contributed by atoms with van der Waals surface area (Å²) in [5, 5.41) is 7.24. The SMILES string of the molecule is C=CC(=O)OCCCCCCOc1ccc(OC(=O)[C@H]2CC[C@H](OC(=O)c3ccc(OC(=O)[C@H]4CC[C@H](OC(=O)c5ccc(OCCCCCCOC(=O)C=C)cc5)CC4)cc3/C=N/N(CCOCCCC)c3nc4ccccc4s3)CC2)cc1. The minimum absolute atomic E-state index is 0.211. The van der Waals surface area contributed by atoms with Gasteiger partial charge in [0.05, 0.1) is 79.0 Å². The topological polar surface area (TPSA) is 214 Å². The van der Waals surface area contributed by atoms with Crippen LogP contribution in [0.5, 0.6) is 23.0 Å². The van der Waals surface area contributed by atoms with Crippen LogP contribution in [0.1, 0.15) is 149 Å². The summed E-state index contributed by atoms with van der Waals surface area (Å²) in [5.74, 6) is -1.53. The van der Waals surface area contributed by atoms with Gasteiger partial charge in [-0.2, -0.15) is 5.10 Å². The number of ether oxygens (including phenoxy) is 9. The molecule has 7 rings (SSSR count). The van der Waals surface area contributed by atoms with Gasteiger partial charge in [0, 0.05) is 24.3 Å². The third-order valence-electron chi connectivity index (χ3n) is 14.5. The number of fused-ring (bicyclic) bond motifs is 1. The molecule has 18 nitrogen and oxygen atoms in total. The first-order chi connectivity index (χ1) is 41.5. The molecule has 2 aliphatic rings. The van der Waals surface area contributed by atoms with Gasteiger partial charge < -0.3 is 42.6 Å². The molecule has 0 N–H and O–H groups in total. The third kappa shape index (κ3) is 21.9. The van der Waals surface area contributed by atoms with Gasteiger partial charge in [-0.3, -0.25) is 9.59 Å². The lowest BCUT2D eigenvalue weighted by molar-refractivity contribution is -0.141. The van der Waals surface area contributed by atoms with E-state index in [4.69, 9.17) is 52.7 Å². The largest absolute Gasteiger partial charge is 0.494 e. The summed E-state index contributed by atoms with van der Waals surface area (Å²) in [5.41, 5.74) is 1.79. The zero-order valence-electron chi connectivity index (χ0n) is 48.7. The van der Waals surface area contributed by atoms with Crippen LogP contribution in [0.2, 0.25) is 0 Å². The van der Waals surface area contributed by atoms with Crippen LogP contribution in [-0.4, -0.2) is 105 Å². The van der Waals surface area contributed by atoms with E-state index in [2.05, 4.69) is 20.1 Å². The predicted octanol–water partition coefficient (Wildman–Crippen LogP) is 12.9. The fourth-order valence-electron chi connectivity index (χ4n) is 9.62. The maximum atomic E-state index is 14.2. The highest BCUT2D eigenvalue weighted by molar-refractivity contribution is 7.22. The summed E-state index contributed by atoms with van der Waals surface area (Å²) in [6.45, 7) is 12.0. The van der Waals surface area contributed by atoms with Crippen molar-refractivity contribution in [2.45, 2.75) is 135 Å². The van der Waals surface area contributed by atoms with E-state index in [-0.39, 0.29) is 29.3 Å². The van der Waals surface area contributed by atoms with Crippen molar-refractivity contribution in [3.63, 3.8) is 0 Å². The van der Waals surface area contributed by atoms with Crippen molar-refractivity contribution in [2.24, 2.45) is 16.9 Å². The number of hydrogen-bond acceptors (Lipinski definition) is 19. The molecule has 19 heteroatoms. The van der Waals surface area contributed by atoms with Crippen LogP contribution < -0.4 is 24.0 Å². The Bertz CT molecular complexity index is 2950. The van der Waals surface area contributed by atoms with Crippen molar-refractivity contribution >= 4 is 68.7 Å². The number of unbranched alkanes of at least 4 members (excludes halogenated alkanes) is 7. The van der Waals surface area contributed by atoms with Crippen molar-refractivity contribution in [2.75, 3.05) is 51.2 Å². The van der Waals surface area contributed by atoms with Gasteiger partial charge in [0.1, 0.15) is 35.2 Å². The molecule has 5 aromatic rings. The molecule has 0 bridgehead atoms. The molecule has 0 spiro atoms. The quantitative estimate of drug-likeness (QED) is 0.00701. The number of aromatic nitrogens is 1. The highest BCUT2D eigenvalue weighted by Gasteiger charge is 2.32. The number of thiazole rings is 1. The highest BCUT2D eigenvalue weighted by atomic mass is 32.1. The summed E-state index contributed by atoms with van der Waals surface area (Å²) >= 11 is 1.48. The normalized spacial score (nSPS) is 16.6. The molecule has 2 aliphatic carbocycles. The van der Waals surface area contributed by atoms with Crippen molar-refractivity contribution in [1.82, 2.24) is 4.98 Å². The molecule has 0 unspecified atom stereocenters. The second kappa shape index (κ2) is 35.4. The van der Waals surface area contributed by atoms with Gasteiger partial charge in [0.2, 0.25) is 5.13 Å². The monoisotopic (exact) mass is 1190 g/mol. The summed E-state index contributed by atoms with van der Waals surface area (Å²) in [4.78, 5) is 81.6. The number of hydrazone groups is 1. The Labute approximate surface area is 501 Å². The van der Waals surface area contributed by atoms with E-state index < -0.39 is 41.9 Å². The van der Waals surface area contributed by atoms with E-state index >= 15 is 0 Å². The fourth-order valence-corrected chi connectivity index (χ4v) is 10.6. The lowest BCUT2D eigenvalue weighted by atomic mass is 9.87. The van der Waals surface area contributed by atoms with Crippen molar-refractivity contribution in [1.29, 1.82) is 0 Å². The second-order valence-electron chi connectivity index (χ2n) is 20.9. The van der Waals surface area contributed by atoms with Crippen molar-refractivity contribution in [3.8, 4) is 23.0 Å². The Morgan fingerprint density at radius 2 is 1.09 bits per heavy atom. The van der Waals surface area contributed by atoms with Crippen LogP contribution in [0.3, 0.4) is 0 Å². The Hall–Kier alpha value is -7.90. The van der Waals surface area contributed by atoms with Gasteiger partial charge >= 0.3 is 35.8 Å². The molecule has 454 valence electrons. The number of carbonyl (C=O) groups excluding carboxylic acids is 6. The molecule has 2 fully saturated rings. The molecule has 0 atom stereocenters. The summed E-state index contributed by atoms with van der Waals surface area (Å²) in [6.07, 6.45) is 15.5. The van der Waals surface area contributed by atoms with Gasteiger partial charge in [0.25, 0.3) is 0 Å². The number of rotatable bonds is 35. The Morgan fingerprint density at radius 3 is 1.66 bits per heavy atom. The molecule has 0 saturated heterocycles. The number of anilines is 1. The number of nitrogens with zero attached hydrogens (tertiary/aromatic N) is 3. The molecule has 1 aromatic heterocycles. The molecule has 85 heavy (non-hydrogen) atoms. The summed E-state index contributed by atoms with van der Waals surface area (Å²) in [6, 6.07) is 26.3. The Morgan fingerprint density at radius 1 is 0.576 bits per heavy atom. The predicted molar refractivity (Wildman–Crippen MR) is 323 cm³/mol. The fraction of sp³-hybridized carbons (Fsp3) is 0.455. The van der Waals surface area contributed by atoms with E-state index in [9.17, 15) is 28.8 Å². The number of carbonyl (C=O) groups is 6. The molecule has 0 amide bonds. The van der Waals surface area contributed by atoms with Crippen molar-refractivity contribution < 1.29 is 71.4 Å². The smallest absolute Gasteiger partial charge is 0.339 e. The standard InChI is InChI=1S/C66H79N3O15S/c1-4-7-39-76-44-38-69(66-68-58-18-12-13-19-59(58)85-66)67-46-50-45-56(84-64(74)49-22-28-53(29-23-49)81-62(72)47-20-26-51(27-21-47)77-40-14-8-10-16-42-79-60(70)5-2)36-37-57(50)65(75)83-54-30-24-48(25-31-54)63(73)82-55-34-32-52(33-35-55)78-41-15-9-11-17-43-80-61(71)6-3/h5-6,12-13,18-21,26-27,32-37,45-46,48-49,53-54H,2-4,7-11,14-17,22-25,28-31,38-44H2,1H3/b67-46+/t48-,49-,53-,54-. The van der Waals surface area contributed by atoms with E-state index in [0.717, 1.165) is 86.6 Å². The van der Waals surface area contributed by atoms with Gasteiger partial charge in [-0.15, -0.1) is 0 Å². The number of hydrogen-bond donors (Lipinski definition) is 0. The van der Waals surface area contributed by atoms with Crippen LogP contribution in [0.25, 0.3) is 10.2 Å². The van der Waals surface area contributed by atoms with Gasteiger partial charge in [0.15, 0.2) is 0 Å². The van der Waals surface area contributed by atoms with Gasteiger partial charge in [-0.1, -0.05) is 50.0 Å². The molecular weight excluding hydrogens is 1110 g/mol. The summed E-state index contributed by atoms with van der Waals surface area (Å²) < 4.78 is 52.4. The first-order valence-electron chi connectivity index (χ1n) is 29.8. The molecule has 0 aliphatic heterocycles. The maximum Gasteiger partial charge on any atom is 0.339 e. The molecule has 0 radical (unpaired) electrons. The molecule has 1 heterocycles. The van der Waals surface area contributed by atoms with E-state index in [1.54, 1.807) is 78.0 Å². The van der Waals surface area contributed by atoms with Crippen LogP contribution in [0.4, 0.5) is 5.13 Å². The highest BCUT2D eigenvalue weighted by Crippen LogP contribution is 2.33. The molecule has 2 saturated carbocycles. The lowest BCUT2D eigenvalue weighted by Gasteiger charge is -2.27. The zero-order valence-corrected chi connectivity index (χ0v) is 49.5. The zero-order chi connectivity index (χ0) is 60.0. The first kappa shape index (κ1) is 64.7. The van der Waals surface area contributed by atoms with E-state index in [0.29, 0.717) is 131 Å². The third-order valence-corrected chi connectivity index (χ3v) is 15.6.